The van der Waals surface area contributed by atoms with Crippen LogP contribution in [-0.4, -0.2) is 51.6 Å². The van der Waals surface area contributed by atoms with E-state index in [1.165, 1.54) is 0 Å². The normalized spacial score (nSPS) is 18.5. The zero-order valence-electron chi connectivity index (χ0n) is 18.1. The largest absolute Gasteiger partial charge is 0.466 e. The molecule has 9 nitrogen and oxygen atoms in total. The van der Waals surface area contributed by atoms with Crippen LogP contribution >= 0.6 is 11.6 Å². The van der Waals surface area contributed by atoms with Gasteiger partial charge in [-0.15, -0.1) is 0 Å². The van der Waals surface area contributed by atoms with Crippen molar-refractivity contribution < 1.29 is 17.9 Å². The maximum absolute atomic E-state index is 12.3. The smallest absolute Gasteiger partial charge is 0.309 e. The summed E-state index contributed by atoms with van der Waals surface area (Å²) in [7, 11) is -3.53. The van der Waals surface area contributed by atoms with Crippen molar-refractivity contribution in [1.82, 2.24) is 24.3 Å². The minimum Gasteiger partial charge on any atom is -0.466 e. The van der Waals surface area contributed by atoms with Gasteiger partial charge in [-0.25, -0.2) is 13.4 Å². The molecule has 1 aromatic carbocycles. The van der Waals surface area contributed by atoms with E-state index in [1.54, 1.807) is 36.1 Å². The molecule has 0 bridgehead atoms. The highest BCUT2D eigenvalue weighted by Gasteiger charge is 2.38. The first-order valence-corrected chi connectivity index (χ1v) is 12.9. The number of ether oxygens (including phenoxy) is 1. The summed E-state index contributed by atoms with van der Waals surface area (Å²) in [6, 6.07) is 7.23. The van der Waals surface area contributed by atoms with Gasteiger partial charge in [0.05, 0.1) is 41.8 Å². The van der Waals surface area contributed by atoms with Gasteiger partial charge in [0.15, 0.2) is 14.9 Å². The lowest BCUT2D eigenvalue weighted by atomic mass is 9.80. The van der Waals surface area contributed by atoms with Crippen molar-refractivity contribution in [1.29, 1.82) is 0 Å². The molecule has 0 atom stereocenters. The van der Waals surface area contributed by atoms with Crippen molar-refractivity contribution in [3.63, 3.8) is 0 Å². The number of sulfone groups is 1. The standard InChI is InChI=1S/C22H22ClN5O4S/c1-3-32-22(29)13-8-15(9-13)28-18-5-4-14(23)10-17(18)25-20(28)12-27-19-11-24-7-6-16(19)21(26-27)33(2,30)31/h4-7,10-11,13,15H,3,8-9,12H2,1-2H3. The first-order valence-electron chi connectivity index (χ1n) is 10.6. The molecular weight excluding hydrogens is 466 g/mol. The van der Waals surface area contributed by atoms with E-state index in [4.69, 9.17) is 21.3 Å². The van der Waals surface area contributed by atoms with Gasteiger partial charge in [-0.1, -0.05) is 11.6 Å². The molecule has 0 aliphatic heterocycles. The zero-order chi connectivity index (χ0) is 23.3. The van der Waals surface area contributed by atoms with E-state index in [0.29, 0.717) is 41.2 Å². The summed E-state index contributed by atoms with van der Waals surface area (Å²) in [6.45, 7) is 2.40. The second-order valence-corrected chi connectivity index (χ2v) is 10.6. The fraction of sp³-hybridized carbons (Fsp3) is 0.364. The highest BCUT2D eigenvalue weighted by molar-refractivity contribution is 7.90. The van der Waals surface area contributed by atoms with Crippen LogP contribution in [0.5, 0.6) is 0 Å². The Morgan fingerprint density at radius 3 is 2.76 bits per heavy atom. The third-order valence-electron chi connectivity index (χ3n) is 5.99. The molecule has 1 saturated carbocycles. The van der Waals surface area contributed by atoms with Gasteiger partial charge in [0, 0.05) is 28.9 Å². The molecule has 33 heavy (non-hydrogen) atoms. The quantitative estimate of drug-likeness (QED) is 0.383. The molecule has 0 spiro atoms. The molecule has 172 valence electrons. The number of nitrogens with zero attached hydrogens (tertiary/aromatic N) is 5. The van der Waals surface area contributed by atoms with E-state index >= 15 is 0 Å². The molecule has 0 radical (unpaired) electrons. The number of pyridine rings is 1. The number of aromatic nitrogens is 5. The molecule has 3 heterocycles. The van der Waals surface area contributed by atoms with Crippen molar-refractivity contribution in [3.05, 3.63) is 47.5 Å². The predicted octanol–water partition coefficient (Wildman–Crippen LogP) is 3.40. The summed E-state index contributed by atoms with van der Waals surface area (Å²) in [6.07, 6.45) is 5.58. The van der Waals surface area contributed by atoms with Crippen molar-refractivity contribution in [3.8, 4) is 0 Å². The fourth-order valence-electron chi connectivity index (χ4n) is 4.41. The molecule has 1 aliphatic carbocycles. The SMILES string of the molecule is CCOC(=O)C1CC(n2c(Cn3nc(S(C)(=O)=O)c4ccncc43)nc3cc(Cl)ccc32)C1. The topological polar surface area (TPSA) is 109 Å². The van der Waals surface area contributed by atoms with Gasteiger partial charge >= 0.3 is 5.97 Å². The Kier molecular flexibility index (Phi) is 5.37. The molecular formula is C22H22ClN5O4S. The average Bonchev–Trinajstić information content (AvgIpc) is 3.26. The number of rotatable bonds is 6. The summed E-state index contributed by atoms with van der Waals surface area (Å²) in [4.78, 5) is 21.1. The summed E-state index contributed by atoms with van der Waals surface area (Å²) >= 11 is 6.20. The van der Waals surface area contributed by atoms with E-state index in [1.807, 2.05) is 12.1 Å². The molecule has 1 fully saturated rings. The number of hydrogen-bond acceptors (Lipinski definition) is 7. The monoisotopic (exact) mass is 487 g/mol. The van der Waals surface area contributed by atoms with E-state index in [0.717, 1.165) is 17.3 Å². The van der Waals surface area contributed by atoms with E-state index in [2.05, 4.69) is 14.6 Å². The Bertz CT molecular complexity index is 1490. The van der Waals surface area contributed by atoms with Gasteiger partial charge in [0.1, 0.15) is 5.82 Å². The number of halogens is 1. The number of carbonyl (C=O) groups is 1. The highest BCUT2D eigenvalue weighted by atomic mass is 35.5. The number of esters is 1. The second-order valence-electron chi connectivity index (χ2n) is 8.23. The minimum absolute atomic E-state index is 0.0108. The van der Waals surface area contributed by atoms with Crippen LogP contribution < -0.4 is 0 Å². The average molecular weight is 488 g/mol. The molecule has 11 heteroatoms. The van der Waals surface area contributed by atoms with Gasteiger partial charge in [0.25, 0.3) is 0 Å². The molecule has 1 aliphatic rings. The first-order chi connectivity index (χ1) is 15.8. The fourth-order valence-corrected chi connectivity index (χ4v) is 5.40. The van der Waals surface area contributed by atoms with Crippen LogP contribution in [-0.2, 0) is 25.9 Å². The van der Waals surface area contributed by atoms with Gasteiger partial charge in [0.2, 0.25) is 0 Å². The summed E-state index contributed by atoms with van der Waals surface area (Å²) < 4.78 is 33.5. The van der Waals surface area contributed by atoms with Crippen LogP contribution in [0.15, 0.2) is 41.7 Å². The Morgan fingerprint density at radius 2 is 2.03 bits per heavy atom. The van der Waals surface area contributed by atoms with Crippen molar-refractivity contribution >= 4 is 49.3 Å². The van der Waals surface area contributed by atoms with Gasteiger partial charge < -0.3 is 9.30 Å². The molecule has 5 rings (SSSR count). The van der Waals surface area contributed by atoms with Crippen LogP contribution in [0.25, 0.3) is 21.9 Å². The number of imidazole rings is 1. The van der Waals surface area contributed by atoms with Crippen LogP contribution in [0.2, 0.25) is 5.02 Å². The highest BCUT2D eigenvalue weighted by Crippen LogP contribution is 2.41. The Hall–Kier alpha value is -2.98. The summed E-state index contributed by atoms with van der Waals surface area (Å²) in [5.41, 5.74) is 2.24. The summed E-state index contributed by atoms with van der Waals surface area (Å²) in [5, 5.41) is 5.49. The maximum Gasteiger partial charge on any atom is 0.309 e. The number of hydrogen-bond donors (Lipinski definition) is 0. The van der Waals surface area contributed by atoms with Crippen LogP contribution in [0.1, 0.15) is 31.6 Å². The third kappa shape index (κ3) is 3.87. The Labute approximate surface area is 195 Å². The molecule has 4 aromatic rings. The third-order valence-corrected chi connectivity index (χ3v) is 7.22. The van der Waals surface area contributed by atoms with E-state index in [9.17, 15) is 13.2 Å². The van der Waals surface area contributed by atoms with Crippen molar-refractivity contribution in [2.45, 2.75) is 37.4 Å². The van der Waals surface area contributed by atoms with E-state index in [-0.39, 0.29) is 29.5 Å². The van der Waals surface area contributed by atoms with Gasteiger partial charge in [-0.3, -0.25) is 14.5 Å². The Morgan fingerprint density at radius 1 is 1.24 bits per heavy atom. The van der Waals surface area contributed by atoms with Gasteiger partial charge in [-0.2, -0.15) is 5.10 Å². The lowest BCUT2D eigenvalue weighted by molar-refractivity contribution is -0.152. The summed E-state index contributed by atoms with van der Waals surface area (Å²) in [5.74, 6) is 0.386. The second kappa shape index (κ2) is 8.11. The molecule has 0 N–H and O–H groups in total. The minimum atomic E-state index is -3.53. The maximum atomic E-state index is 12.3. The van der Waals surface area contributed by atoms with Crippen LogP contribution in [0.4, 0.5) is 0 Å². The van der Waals surface area contributed by atoms with Crippen LogP contribution in [0, 0.1) is 5.92 Å². The molecule has 0 saturated heterocycles. The predicted molar refractivity (Wildman–Crippen MR) is 123 cm³/mol. The number of benzene rings is 1. The zero-order valence-corrected chi connectivity index (χ0v) is 19.7. The lowest BCUT2D eigenvalue weighted by Crippen LogP contribution is -2.34. The Balaban J connectivity index is 1.57. The van der Waals surface area contributed by atoms with E-state index < -0.39 is 9.84 Å². The van der Waals surface area contributed by atoms with Crippen molar-refractivity contribution in [2.75, 3.05) is 12.9 Å². The van der Waals surface area contributed by atoms with Crippen LogP contribution in [0.3, 0.4) is 0 Å². The molecule has 0 amide bonds. The first kappa shape index (κ1) is 21.8. The molecule has 0 unspecified atom stereocenters. The molecule has 3 aromatic heterocycles. The van der Waals surface area contributed by atoms with Crippen molar-refractivity contribution in [2.24, 2.45) is 5.92 Å². The lowest BCUT2D eigenvalue weighted by Gasteiger charge is -2.35. The number of fused-ring (bicyclic) bond motifs is 2. The number of carbonyl (C=O) groups excluding carboxylic acids is 1. The van der Waals surface area contributed by atoms with Gasteiger partial charge in [-0.05, 0) is 44.0 Å².